The number of nitrogens with one attached hydrogen (secondary N) is 2. The molecule has 0 spiro atoms. The second-order valence-electron chi connectivity index (χ2n) is 6.06. The summed E-state index contributed by atoms with van der Waals surface area (Å²) < 4.78 is 6.49. The fraction of sp³-hybridized carbons (Fsp3) is 0.250. The second kappa shape index (κ2) is 8.64. The summed E-state index contributed by atoms with van der Waals surface area (Å²) in [5.41, 5.74) is 2.01. The van der Waals surface area contributed by atoms with E-state index < -0.39 is 0 Å². The second-order valence-corrected chi connectivity index (χ2v) is 7.09. The van der Waals surface area contributed by atoms with Crippen molar-refractivity contribution in [1.29, 1.82) is 0 Å². The van der Waals surface area contributed by atoms with Crippen LogP contribution in [-0.2, 0) is 4.79 Å². The van der Waals surface area contributed by atoms with Gasteiger partial charge in [-0.05, 0) is 48.9 Å². The van der Waals surface area contributed by atoms with E-state index in [1.54, 1.807) is 30.3 Å². The van der Waals surface area contributed by atoms with Crippen LogP contribution in [0.3, 0.4) is 0 Å². The molecule has 0 saturated carbocycles. The molecule has 1 heterocycles. The Bertz CT molecular complexity index is 951. The van der Waals surface area contributed by atoms with Crippen molar-refractivity contribution in [2.45, 2.75) is 26.7 Å². The zero-order chi connectivity index (χ0) is 19.2. The molecule has 0 aliphatic rings. The fourth-order valence-electron chi connectivity index (χ4n) is 2.47. The van der Waals surface area contributed by atoms with Crippen molar-refractivity contribution in [3.8, 4) is 5.75 Å². The van der Waals surface area contributed by atoms with Crippen molar-refractivity contribution in [1.82, 2.24) is 4.98 Å². The summed E-state index contributed by atoms with van der Waals surface area (Å²) in [6.45, 7) is 4.25. The first-order valence-corrected chi connectivity index (χ1v) is 9.59. The SMILES string of the molecule is CCCCOc1ccc(C(=O)Nc2nc3ccc(NC(C)=O)cc3s2)cc1. The molecule has 0 atom stereocenters. The number of fused-ring (bicyclic) bond motifs is 1. The number of unbranched alkanes of at least 4 members (excludes halogenated alkanes) is 1. The predicted octanol–water partition coefficient (Wildman–Crippen LogP) is 4.69. The molecule has 0 aliphatic heterocycles. The van der Waals surface area contributed by atoms with E-state index in [0.717, 1.165) is 28.8 Å². The predicted molar refractivity (Wildman–Crippen MR) is 109 cm³/mol. The van der Waals surface area contributed by atoms with Crippen LogP contribution in [0.5, 0.6) is 5.75 Å². The van der Waals surface area contributed by atoms with E-state index in [1.807, 2.05) is 12.1 Å². The number of carbonyl (C=O) groups excluding carboxylic acids is 2. The molecule has 0 radical (unpaired) electrons. The van der Waals surface area contributed by atoms with E-state index in [-0.39, 0.29) is 11.8 Å². The average Bonchev–Trinajstić information content (AvgIpc) is 3.03. The molecule has 0 saturated heterocycles. The molecule has 0 bridgehead atoms. The first-order valence-electron chi connectivity index (χ1n) is 8.77. The van der Waals surface area contributed by atoms with Gasteiger partial charge in [0.1, 0.15) is 5.75 Å². The summed E-state index contributed by atoms with van der Waals surface area (Å²) >= 11 is 1.36. The molecule has 140 valence electrons. The van der Waals surface area contributed by atoms with Crippen LogP contribution in [-0.4, -0.2) is 23.4 Å². The highest BCUT2D eigenvalue weighted by Gasteiger charge is 2.11. The number of anilines is 2. The lowest BCUT2D eigenvalue weighted by Gasteiger charge is -2.06. The van der Waals surface area contributed by atoms with Gasteiger partial charge in [0.05, 0.1) is 16.8 Å². The number of thiazole rings is 1. The number of carbonyl (C=O) groups is 2. The summed E-state index contributed by atoms with van der Waals surface area (Å²) in [4.78, 5) is 28.0. The zero-order valence-corrected chi connectivity index (χ0v) is 16.1. The lowest BCUT2D eigenvalue weighted by atomic mass is 10.2. The van der Waals surface area contributed by atoms with Gasteiger partial charge in [-0.25, -0.2) is 4.98 Å². The van der Waals surface area contributed by atoms with Gasteiger partial charge >= 0.3 is 0 Å². The molecule has 2 N–H and O–H groups in total. The Hall–Kier alpha value is -2.93. The van der Waals surface area contributed by atoms with Gasteiger partial charge < -0.3 is 10.1 Å². The zero-order valence-electron chi connectivity index (χ0n) is 15.2. The van der Waals surface area contributed by atoms with Gasteiger partial charge in [-0.2, -0.15) is 0 Å². The molecular formula is C20H21N3O3S. The van der Waals surface area contributed by atoms with Crippen molar-refractivity contribution in [3.05, 3.63) is 48.0 Å². The van der Waals surface area contributed by atoms with Gasteiger partial charge in [-0.15, -0.1) is 0 Å². The highest BCUT2D eigenvalue weighted by molar-refractivity contribution is 7.22. The minimum absolute atomic E-state index is 0.130. The molecule has 0 aliphatic carbocycles. The molecule has 7 heteroatoms. The summed E-state index contributed by atoms with van der Waals surface area (Å²) in [6, 6.07) is 12.5. The highest BCUT2D eigenvalue weighted by Crippen LogP contribution is 2.28. The van der Waals surface area contributed by atoms with Crippen LogP contribution in [0.25, 0.3) is 10.2 Å². The van der Waals surface area contributed by atoms with Crippen LogP contribution in [0.1, 0.15) is 37.0 Å². The van der Waals surface area contributed by atoms with Crippen LogP contribution in [0.4, 0.5) is 10.8 Å². The van der Waals surface area contributed by atoms with Crippen molar-refractivity contribution in [2.75, 3.05) is 17.2 Å². The van der Waals surface area contributed by atoms with Crippen LogP contribution >= 0.6 is 11.3 Å². The Labute approximate surface area is 161 Å². The summed E-state index contributed by atoms with van der Waals surface area (Å²) in [5, 5.41) is 6.07. The van der Waals surface area contributed by atoms with Crippen molar-refractivity contribution < 1.29 is 14.3 Å². The Morgan fingerprint density at radius 3 is 2.59 bits per heavy atom. The van der Waals surface area contributed by atoms with E-state index in [9.17, 15) is 9.59 Å². The maximum Gasteiger partial charge on any atom is 0.257 e. The number of ether oxygens (including phenoxy) is 1. The molecular weight excluding hydrogens is 362 g/mol. The lowest BCUT2D eigenvalue weighted by molar-refractivity contribution is -0.114. The molecule has 2 aromatic carbocycles. The topological polar surface area (TPSA) is 80.3 Å². The highest BCUT2D eigenvalue weighted by atomic mass is 32.1. The Morgan fingerprint density at radius 2 is 1.89 bits per heavy atom. The van der Waals surface area contributed by atoms with Crippen molar-refractivity contribution >= 4 is 44.2 Å². The third-order valence-corrected chi connectivity index (χ3v) is 4.75. The van der Waals surface area contributed by atoms with Gasteiger partial charge in [0, 0.05) is 18.2 Å². The fourth-order valence-corrected chi connectivity index (χ4v) is 3.37. The van der Waals surface area contributed by atoms with Gasteiger partial charge in [0.2, 0.25) is 5.91 Å². The summed E-state index contributed by atoms with van der Waals surface area (Å²) in [7, 11) is 0. The van der Waals surface area contributed by atoms with E-state index in [4.69, 9.17) is 4.74 Å². The number of nitrogens with zero attached hydrogens (tertiary/aromatic N) is 1. The van der Waals surface area contributed by atoms with Crippen molar-refractivity contribution in [2.24, 2.45) is 0 Å². The maximum absolute atomic E-state index is 12.4. The Morgan fingerprint density at radius 1 is 1.11 bits per heavy atom. The van der Waals surface area contributed by atoms with Crippen LogP contribution in [0.15, 0.2) is 42.5 Å². The monoisotopic (exact) mass is 383 g/mol. The van der Waals surface area contributed by atoms with Crippen molar-refractivity contribution in [3.63, 3.8) is 0 Å². The van der Waals surface area contributed by atoms with E-state index in [1.165, 1.54) is 18.3 Å². The third-order valence-electron chi connectivity index (χ3n) is 3.81. The molecule has 0 unspecified atom stereocenters. The largest absolute Gasteiger partial charge is 0.494 e. The molecule has 6 nitrogen and oxygen atoms in total. The Kier molecular flexibility index (Phi) is 6.03. The normalized spacial score (nSPS) is 10.6. The van der Waals surface area contributed by atoms with Crippen LogP contribution in [0, 0.1) is 0 Å². The van der Waals surface area contributed by atoms with Gasteiger partial charge in [-0.3, -0.25) is 14.9 Å². The summed E-state index contributed by atoms with van der Waals surface area (Å²) in [6.07, 6.45) is 2.08. The van der Waals surface area contributed by atoms with E-state index in [0.29, 0.717) is 23.0 Å². The van der Waals surface area contributed by atoms with Gasteiger partial charge in [0.15, 0.2) is 5.13 Å². The first kappa shape index (κ1) is 18.8. The third kappa shape index (κ3) is 5.04. The Balaban J connectivity index is 1.67. The minimum Gasteiger partial charge on any atom is -0.494 e. The van der Waals surface area contributed by atoms with Gasteiger partial charge in [0.25, 0.3) is 5.91 Å². The lowest BCUT2D eigenvalue weighted by Crippen LogP contribution is -2.11. The number of benzene rings is 2. The first-order chi connectivity index (χ1) is 13.0. The number of hydrogen-bond donors (Lipinski definition) is 2. The maximum atomic E-state index is 12.4. The quantitative estimate of drug-likeness (QED) is 0.580. The summed E-state index contributed by atoms with van der Waals surface area (Å²) in [5.74, 6) is 0.399. The molecule has 3 aromatic rings. The van der Waals surface area contributed by atoms with Crippen LogP contribution < -0.4 is 15.4 Å². The molecule has 27 heavy (non-hydrogen) atoms. The molecule has 3 rings (SSSR count). The number of hydrogen-bond acceptors (Lipinski definition) is 5. The van der Waals surface area contributed by atoms with E-state index >= 15 is 0 Å². The van der Waals surface area contributed by atoms with Crippen LogP contribution in [0.2, 0.25) is 0 Å². The molecule has 1 aromatic heterocycles. The average molecular weight is 383 g/mol. The number of aromatic nitrogens is 1. The molecule has 0 fully saturated rings. The van der Waals surface area contributed by atoms with E-state index in [2.05, 4.69) is 22.5 Å². The number of rotatable bonds is 7. The standard InChI is InChI=1S/C20H21N3O3S/c1-3-4-11-26-16-8-5-14(6-9-16)19(25)23-20-22-17-10-7-15(21-13(2)24)12-18(17)27-20/h5-10,12H,3-4,11H2,1-2H3,(H,21,24)(H,22,23,25). The molecule has 2 amide bonds. The van der Waals surface area contributed by atoms with Gasteiger partial charge in [-0.1, -0.05) is 24.7 Å². The smallest absolute Gasteiger partial charge is 0.257 e. The minimum atomic E-state index is -0.226. The number of amides is 2.